The molecule has 0 fully saturated rings. The Kier molecular flexibility index (Phi) is 5.65. The second-order valence-corrected chi connectivity index (χ2v) is 8.06. The molecule has 8 heteroatoms. The SMILES string of the molecule is CC(C)Nc1cnc(C(=O)Nc2cccc(C3(C)CCSC(N)=N3)c2)cn1. The van der Waals surface area contributed by atoms with Gasteiger partial charge in [-0.2, -0.15) is 0 Å². The van der Waals surface area contributed by atoms with Gasteiger partial charge < -0.3 is 16.4 Å². The van der Waals surface area contributed by atoms with E-state index in [9.17, 15) is 4.79 Å². The fraction of sp³-hybridized carbons (Fsp3) is 0.368. The van der Waals surface area contributed by atoms with Gasteiger partial charge in [0.05, 0.1) is 17.9 Å². The van der Waals surface area contributed by atoms with Gasteiger partial charge in [0, 0.05) is 17.5 Å². The molecular formula is C19H24N6OS. The predicted octanol–water partition coefficient (Wildman–Crippen LogP) is 3.22. The molecule has 1 aliphatic rings. The molecule has 1 aliphatic heterocycles. The molecule has 2 aromatic rings. The lowest BCUT2D eigenvalue weighted by Gasteiger charge is -2.30. The monoisotopic (exact) mass is 384 g/mol. The van der Waals surface area contributed by atoms with Gasteiger partial charge in [0.2, 0.25) is 0 Å². The number of hydrogen-bond acceptors (Lipinski definition) is 7. The topological polar surface area (TPSA) is 105 Å². The molecule has 0 aliphatic carbocycles. The number of benzene rings is 1. The first-order valence-electron chi connectivity index (χ1n) is 8.84. The third kappa shape index (κ3) is 4.77. The van der Waals surface area contributed by atoms with Crippen molar-refractivity contribution in [3.8, 4) is 0 Å². The molecule has 0 saturated heterocycles. The second-order valence-electron chi connectivity index (χ2n) is 6.94. The summed E-state index contributed by atoms with van der Waals surface area (Å²) in [5, 5.41) is 6.62. The lowest BCUT2D eigenvalue weighted by atomic mass is 9.89. The van der Waals surface area contributed by atoms with E-state index in [1.807, 2.05) is 38.1 Å². The van der Waals surface area contributed by atoms with Gasteiger partial charge in [-0.25, -0.2) is 9.97 Å². The van der Waals surface area contributed by atoms with E-state index in [1.165, 1.54) is 6.20 Å². The van der Waals surface area contributed by atoms with Crippen LogP contribution in [0.15, 0.2) is 41.7 Å². The van der Waals surface area contributed by atoms with Crippen LogP contribution in [0.2, 0.25) is 0 Å². The number of amidine groups is 1. The highest BCUT2D eigenvalue weighted by molar-refractivity contribution is 8.13. The maximum atomic E-state index is 12.5. The maximum absolute atomic E-state index is 12.5. The van der Waals surface area contributed by atoms with Gasteiger partial charge in [-0.3, -0.25) is 9.79 Å². The Morgan fingerprint density at radius 3 is 2.78 bits per heavy atom. The van der Waals surface area contributed by atoms with Gasteiger partial charge in [0.15, 0.2) is 5.17 Å². The highest BCUT2D eigenvalue weighted by Crippen LogP contribution is 2.35. The van der Waals surface area contributed by atoms with Gasteiger partial charge in [-0.05, 0) is 44.9 Å². The summed E-state index contributed by atoms with van der Waals surface area (Å²) in [4.78, 5) is 25.5. The van der Waals surface area contributed by atoms with Crippen LogP contribution in [0, 0.1) is 0 Å². The number of thioether (sulfide) groups is 1. The highest BCUT2D eigenvalue weighted by Gasteiger charge is 2.29. The Morgan fingerprint density at radius 1 is 1.30 bits per heavy atom. The van der Waals surface area contributed by atoms with Crippen LogP contribution < -0.4 is 16.4 Å². The summed E-state index contributed by atoms with van der Waals surface area (Å²) in [6.45, 7) is 6.09. The molecule has 4 N–H and O–H groups in total. The minimum atomic E-state index is -0.375. The van der Waals surface area contributed by atoms with Crippen molar-refractivity contribution in [2.75, 3.05) is 16.4 Å². The molecule has 1 amide bonds. The minimum absolute atomic E-state index is 0.248. The van der Waals surface area contributed by atoms with E-state index in [0.29, 0.717) is 16.7 Å². The van der Waals surface area contributed by atoms with Crippen molar-refractivity contribution in [1.82, 2.24) is 9.97 Å². The summed E-state index contributed by atoms with van der Waals surface area (Å²) in [6.07, 6.45) is 3.92. The van der Waals surface area contributed by atoms with Gasteiger partial charge in [-0.1, -0.05) is 23.9 Å². The van der Waals surface area contributed by atoms with Crippen LogP contribution in [-0.4, -0.2) is 32.8 Å². The van der Waals surface area contributed by atoms with Crippen LogP contribution in [0.3, 0.4) is 0 Å². The van der Waals surface area contributed by atoms with Crippen LogP contribution in [-0.2, 0) is 5.54 Å². The van der Waals surface area contributed by atoms with E-state index in [-0.39, 0.29) is 23.2 Å². The number of rotatable bonds is 5. The molecule has 27 heavy (non-hydrogen) atoms. The summed E-state index contributed by atoms with van der Waals surface area (Å²) < 4.78 is 0. The van der Waals surface area contributed by atoms with Gasteiger partial charge in [0.25, 0.3) is 5.91 Å². The fourth-order valence-electron chi connectivity index (χ4n) is 2.84. The van der Waals surface area contributed by atoms with Crippen molar-refractivity contribution >= 4 is 34.3 Å². The Bertz CT molecular complexity index is 852. The summed E-state index contributed by atoms with van der Waals surface area (Å²) >= 11 is 1.57. The summed E-state index contributed by atoms with van der Waals surface area (Å²) in [7, 11) is 0. The quantitative estimate of drug-likeness (QED) is 0.731. The summed E-state index contributed by atoms with van der Waals surface area (Å²) in [5.41, 5.74) is 7.51. The van der Waals surface area contributed by atoms with E-state index in [1.54, 1.807) is 18.0 Å². The lowest BCUT2D eigenvalue weighted by Crippen LogP contribution is -2.28. The van der Waals surface area contributed by atoms with Crippen molar-refractivity contribution in [2.24, 2.45) is 10.7 Å². The number of aromatic nitrogens is 2. The molecule has 1 unspecified atom stereocenters. The first-order valence-corrected chi connectivity index (χ1v) is 9.83. The van der Waals surface area contributed by atoms with Crippen LogP contribution in [0.4, 0.5) is 11.5 Å². The molecule has 1 aromatic heterocycles. The predicted molar refractivity (Wildman–Crippen MR) is 111 cm³/mol. The molecule has 0 saturated carbocycles. The molecule has 2 heterocycles. The molecule has 3 rings (SSSR count). The molecule has 0 radical (unpaired) electrons. The van der Waals surface area contributed by atoms with Crippen molar-refractivity contribution < 1.29 is 4.79 Å². The fourth-order valence-corrected chi connectivity index (χ4v) is 3.81. The number of carbonyl (C=O) groups excluding carboxylic acids is 1. The third-order valence-electron chi connectivity index (χ3n) is 4.26. The first-order chi connectivity index (χ1) is 12.9. The average molecular weight is 385 g/mol. The van der Waals surface area contributed by atoms with Gasteiger partial charge >= 0.3 is 0 Å². The van der Waals surface area contributed by atoms with E-state index in [4.69, 9.17) is 5.73 Å². The van der Waals surface area contributed by atoms with Crippen LogP contribution >= 0.6 is 11.8 Å². The Morgan fingerprint density at radius 2 is 2.11 bits per heavy atom. The lowest BCUT2D eigenvalue weighted by molar-refractivity contribution is 0.102. The highest BCUT2D eigenvalue weighted by atomic mass is 32.2. The van der Waals surface area contributed by atoms with Crippen molar-refractivity contribution in [3.05, 3.63) is 47.9 Å². The van der Waals surface area contributed by atoms with Gasteiger partial charge in [0.1, 0.15) is 11.5 Å². The smallest absolute Gasteiger partial charge is 0.275 e. The van der Waals surface area contributed by atoms with Crippen molar-refractivity contribution in [3.63, 3.8) is 0 Å². The van der Waals surface area contributed by atoms with Crippen molar-refractivity contribution in [1.29, 1.82) is 0 Å². The van der Waals surface area contributed by atoms with Crippen LogP contribution in [0.1, 0.15) is 43.2 Å². The molecule has 1 aromatic carbocycles. The molecule has 7 nitrogen and oxygen atoms in total. The summed E-state index contributed by atoms with van der Waals surface area (Å²) in [5.74, 6) is 1.26. The second kappa shape index (κ2) is 7.96. The van der Waals surface area contributed by atoms with E-state index < -0.39 is 0 Å². The number of anilines is 2. The molecule has 0 spiro atoms. The number of hydrogen-bond donors (Lipinski definition) is 3. The zero-order valence-electron chi connectivity index (χ0n) is 15.7. The Hall–Kier alpha value is -2.61. The number of nitrogens with two attached hydrogens (primary N) is 1. The maximum Gasteiger partial charge on any atom is 0.275 e. The van der Waals surface area contributed by atoms with Crippen LogP contribution in [0.25, 0.3) is 0 Å². The molecule has 0 bridgehead atoms. The van der Waals surface area contributed by atoms with E-state index in [0.717, 1.165) is 17.7 Å². The molecular weight excluding hydrogens is 360 g/mol. The number of carbonyl (C=O) groups is 1. The number of amides is 1. The first kappa shape index (κ1) is 19.2. The number of aliphatic imine (C=N–C) groups is 1. The molecule has 1 atom stereocenters. The van der Waals surface area contributed by atoms with Crippen molar-refractivity contribution in [2.45, 2.75) is 38.8 Å². The normalized spacial score (nSPS) is 19.5. The van der Waals surface area contributed by atoms with Gasteiger partial charge in [-0.15, -0.1) is 0 Å². The van der Waals surface area contributed by atoms with E-state index >= 15 is 0 Å². The third-order valence-corrected chi connectivity index (χ3v) is 5.05. The Labute approximate surface area is 163 Å². The minimum Gasteiger partial charge on any atom is -0.379 e. The van der Waals surface area contributed by atoms with Crippen LogP contribution in [0.5, 0.6) is 0 Å². The number of nitrogens with zero attached hydrogens (tertiary/aromatic N) is 3. The largest absolute Gasteiger partial charge is 0.379 e. The zero-order chi connectivity index (χ0) is 19.4. The average Bonchev–Trinajstić information content (AvgIpc) is 2.62. The Balaban J connectivity index is 1.74. The number of nitrogens with one attached hydrogen (secondary N) is 2. The standard InChI is InChI=1S/C19H24N6OS/c1-12(2)23-16-11-21-15(10-22-16)17(26)24-14-6-4-5-13(9-14)19(3)7-8-27-18(20)25-19/h4-6,9-12H,7-8H2,1-3H3,(H2,20,25)(H,22,23)(H,24,26). The summed E-state index contributed by atoms with van der Waals surface area (Å²) in [6, 6.07) is 7.95. The van der Waals surface area contributed by atoms with E-state index in [2.05, 4.69) is 32.5 Å². The zero-order valence-corrected chi connectivity index (χ0v) is 16.5. The molecule has 142 valence electrons.